The minimum Gasteiger partial charge on any atom is -0.491 e. The lowest BCUT2D eigenvalue weighted by atomic mass is 10.0. The van der Waals surface area contributed by atoms with E-state index in [0.29, 0.717) is 36.3 Å². The summed E-state index contributed by atoms with van der Waals surface area (Å²) in [5.74, 6) is -0.811. The number of hydrogen-bond donors (Lipinski definition) is 2. The van der Waals surface area contributed by atoms with Gasteiger partial charge < -0.3 is 19.9 Å². The molecule has 2 amide bonds. The van der Waals surface area contributed by atoms with Crippen LogP contribution in [0.15, 0.2) is 91.4 Å². The van der Waals surface area contributed by atoms with Crippen LogP contribution in [0, 0.1) is 5.92 Å². The highest BCUT2D eigenvalue weighted by atomic mass is 32.2. The Morgan fingerprint density at radius 2 is 2.02 bits per heavy atom. The Morgan fingerprint density at radius 3 is 2.65 bits per heavy atom. The van der Waals surface area contributed by atoms with E-state index in [4.69, 9.17) is 19.9 Å². The van der Waals surface area contributed by atoms with Gasteiger partial charge in [-0.25, -0.2) is 23.1 Å². The molecule has 7 rings (SSSR count). The molecule has 3 fully saturated rings. The molecule has 3 aliphatic heterocycles. The molecule has 14 heteroatoms. The standard InChI is InChI=1S/C34H38N6O7S/c1-4-23-19-34(23,33(42)38-48(43,44)25-11-12-25)40(39-16-14-28(31(39)32(35)41)47-30-13-15-36-20-37-30)17-5-6-27-26(40)18-29(46-27)22-7-9-24(10-8-22)45-21(2)3/h4-10,13,15,17-18,20-21,23,25,28-29,31H,1,11-12,14,16,19H2,2-3H3,(H2-,35,38,41,42)/p+1/t23-,28?,29+,31?,34?,40-/m1/s1/i29D. The number of carbonyl (C=O) groups is 2. The maximum absolute atomic E-state index is 14.6. The number of ether oxygens (including phenoxy) is 3. The highest BCUT2D eigenvalue weighted by Crippen LogP contribution is 2.61. The van der Waals surface area contributed by atoms with E-state index in [2.05, 4.69) is 21.3 Å². The van der Waals surface area contributed by atoms with Crippen LogP contribution in [0.3, 0.4) is 0 Å². The molecular formula is C34H39N6O7S+. The van der Waals surface area contributed by atoms with Crippen LogP contribution in [0.4, 0.5) is 0 Å². The summed E-state index contributed by atoms with van der Waals surface area (Å²) in [6, 6.07) is 7.46. The van der Waals surface area contributed by atoms with Crippen molar-refractivity contribution < 1.29 is 38.2 Å². The Labute approximate surface area is 280 Å². The molecule has 5 aliphatic rings. The molecular weight excluding hydrogens is 636 g/mol. The van der Waals surface area contributed by atoms with E-state index >= 15 is 0 Å². The van der Waals surface area contributed by atoms with Gasteiger partial charge in [0, 0.05) is 31.2 Å². The number of fused-ring (bicyclic) bond motifs is 1. The van der Waals surface area contributed by atoms with E-state index in [-0.39, 0.29) is 30.7 Å². The van der Waals surface area contributed by atoms with Gasteiger partial charge in [0.2, 0.25) is 27.3 Å². The Balaban J connectivity index is 1.37. The predicted octanol–water partition coefficient (Wildman–Crippen LogP) is 2.92. The molecule has 6 atom stereocenters. The minimum absolute atomic E-state index is 0.0408. The molecule has 4 heterocycles. The zero-order valence-electron chi connectivity index (χ0n) is 27.7. The molecule has 3 unspecified atom stereocenters. The third kappa shape index (κ3) is 5.28. The fraction of sp³-hybridized carbons (Fsp3) is 0.412. The summed E-state index contributed by atoms with van der Waals surface area (Å²) in [6.07, 6.45) is 10.1. The van der Waals surface area contributed by atoms with Crippen LogP contribution >= 0.6 is 0 Å². The van der Waals surface area contributed by atoms with Crippen LogP contribution < -0.4 is 19.9 Å². The van der Waals surface area contributed by atoms with Crippen molar-refractivity contribution in [2.45, 2.75) is 74.6 Å². The lowest BCUT2D eigenvalue weighted by Gasteiger charge is -2.49. The number of quaternary nitrogens is 1. The maximum atomic E-state index is 14.6. The monoisotopic (exact) mass is 676 g/mol. The van der Waals surface area contributed by atoms with Crippen molar-refractivity contribution in [3.63, 3.8) is 0 Å². The van der Waals surface area contributed by atoms with Crippen molar-refractivity contribution in [1.82, 2.24) is 19.7 Å². The first kappa shape index (κ1) is 30.8. The van der Waals surface area contributed by atoms with Gasteiger partial charge in [-0.2, -0.15) is 4.59 Å². The van der Waals surface area contributed by atoms with Crippen LogP contribution in [0.25, 0.3) is 0 Å². The van der Waals surface area contributed by atoms with E-state index in [1.807, 2.05) is 13.8 Å². The second-order valence-corrected chi connectivity index (χ2v) is 14.9. The normalized spacial score (nSPS) is 32.7. The molecule has 2 saturated carbocycles. The Morgan fingerprint density at radius 1 is 1.25 bits per heavy atom. The van der Waals surface area contributed by atoms with Gasteiger partial charge >= 0.3 is 0 Å². The zero-order valence-corrected chi connectivity index (χ0v) is 27.5. The average Bonchev–Trinajstić information content (AvgIpc) is 3.97. The highest BCUT2D eigenvalue weighted by Gasteiger charge is 2.79. The number of hydrogen-bond acceptors (Lipinski definition) is 10. The summed E-state index contributed by atoms with van der Waals surface area (Å²) in [5, 5.41) is 1.11. The topological polar surface area (TPSA) is 163 Å². The van der Waals surface area contributed by atoms with Crippen molar-refractivity contribution in [3.05, 3.63) is 97.0 Å². The van der Waals surface area contributed by atoms with Crippen molar-refractivity contribution >= 4 is 21.8 Å². The molecule has 252 valence electrons. The predicted molar refractivity (Wildman–Crippen MR) is 173 cm³/mol. The Hall–Kier alpha value is -4.53. The minimum atomic E-state index is -3.96. The van der Waals surface area contributed by atoms with Crippen molar-refractivity contribution in [2.24, 2.45) is 11.7 Å². The molecule has 1 saturated heterocycles. The Kier molecular flexibility index (Phi) is 7.61. The number of aromatic nitrogens is 2. The first-order valence-corrected chi connectivity index (χ1v) is 17.6. The zero-order chi connectivity index (χ0) is 34.8. The molecule has 0 bridgehead atoms. The van der Waals surface area contributed by atoms with E-state index in [1.54, 1.807) is 65.8 Å². The van der Waals surface area contributed by atoms with Gasteiger partial charge in [0.25, 0.3) is 5.91 Å². The van der Waals surface area contributed by atoms with Crippen LogP contribution in [0.2, 0.25) is 0 Å². The number of nitrogens with zero attached hydrogens (tertiary/aromatic N) is 4. The van der Waals surface area contributed by atoms with Crippen molar-refractivity contribution in [3.8, 4) is 11.6 Å². The van der Waals surface area contributed by atoms with Crippen molar-refractivity contribution in [1.29, 1.82) is 0 Å². The molecule has 13 nitrogen and oxygen atoms in total. The van der Waals surface area contributed by atoms with Crippen molar-refractivity contribution in [2.75, 3.05) is 6.54 Å². The number of carbonyl (C=O) groups excluding carboxylic acids is 2. The lowest BCUT2D eigenvalue weighted by Crippen LogP contribution is -2.71. The number of benzene rings is 1. The molecule has 1 aromatic heterocycles. The summed E-state index contributed by atoms with van der Waals surface area (Å²) < 4.78 is 56.3. The number of nitrogens with one attached hydrogen (secondary N) is 1. The van der Waals surface area contributed by atoms with Gasteiger partial charge in [-0.3, -0.25) is 9.59 Å². The largest absolute Gasteiger partial charge is 0.491 e. The van der Waals surface area contributed by atoms with Gasteiger partial charge in [-0.05, 0) is 56.5 Å². The van der Waals surface area contributed by atoms with Crippen LogP contribution in [-0.4, -0.2) is 75.4 Å². The number of amides is 2. The number of rotatable bonds is 12. The maximum Gasteiger partial charge on any atom is 0.298 e. The van der Waals surface area contributed by atoms with Gasteiger partial charge in [0.1, 0.15) is 30.5 Å². The molecule has 2 aromatic rings. The fourth-order valence-corrected chi connectivity index (χ4v) is 8.49. The summed E-state index contributed by atoms with van der Waals surface area (Å²) in [4.78, 5) is 36.1. The van der Waals surface area contributed by atoms with Gasteiger partial charge in [-0.1, -0.05) is 18.2 Å². The molecule has 0 radical (unpaired) electrons. The van der Waals surface area contributed by atoms with E-state index in [0.717, 1.165) is 0 Å². The summed E-state index contributed by atoms with van der Waals surface area (Å²) in [5.41, 5.74) is 5.49. The van der Waals surface area contributed by atoms with E-state index < -0.39 is 61.4 Å². The first-order valence-electron chi connectivity index (χ1n) is 16.5. The molecule has 48 heavy (non-hydrogen) atoms. The number of sulfonamides is 1. The van der Waals surface area contributed by atoms with E-state index in [9.17, 15) is 19.4 Å². The molecule has 3 N–H and O–H groups in total. The van der Waals surface area contributed by atoms with E-state index in [1.165, 1.54) is 12.5 Å². The number of allylic oxidation sites excluding steroid dienone is 2. The van der Waals surface area contributed by atoms with Crippen LogP contribution in [0.1, 0.15) is 52.5 Å². The first-order chi connectivity index (χ1) is 23.3. The van der Waals surface area contributed by atoms with Gasteiger partial charge in [0.05, 0.1) is 25.2 Å². The fourth-order valence-electron chi connectivity index (χ4n) is 7.13. The Bertz CT molecular complexity index is 1880. The molecule has 0 spiro atoms. The lowest BCUT2D eigenvalue weighted by molar-refractivity contribution is -0.984. The van der Waals surface area contributed by atoms with Crippen LogP contribution in [0.5, 0.6) is 11.6 Å². The molecule has 2 aliphatic carbocycles. The number of nitrogens with two attached hydrogens (primary N) is 1. The summed E-state index contributed by atoms with van der Waals surface area (Å²) >= 11 is 0. The average molecular weight is 677 g/mol. The second-order valence-electron chi connectivity index (χ2n) is 12.9. The van der Waals surface area contributed by atoms with Gasteiger partial charge in [-0.15, -0.1) is 11.6 Å². The number of primary amides is 1. The highest BCUT2D eigenvalue weighted by molar-refractivity contribution is 7.91. The molecule has 1 aromatic carbocycles. The quantitative estimate of drug-likeness (QED) is 0.253. The van der Waals surface area contributed by atoms with Gasteiger partial charge in [0.15, 0.2) is 17.5 Å². The van der Waals surface area contributed by atoms with Crippen LogP contribution in [-0.2, 0) is 24.3 Å². The smallest absolute Gasteiger partial charge is 0.298 e. The SMILES string of the molecule is [2H][C@@]1(c2ccc(OC(C)C)cc2)C=C2C(=CC=C[N@+]2(N2CCC(Oc3ccncn3)C2C(N)=O)C2(C(=O)NS(=O)(=O)C3CC3)C[C@H]2C=C)O1. The second kappa shape index (κ2) is 11.9. The third-order valence-electron chi connectivity index (χ3n) is 9.48. The summed E-state index contributed by atoms with van der Waals surface area (Å²) in [6.45, 7) is 8.03. The third-order valence-corrected chi connectivity index (χ3v) is 11.3. The summed E-state index contributed by atoms with van der Waals surface area (Å²) in [7, 11) is -3.96.